The Kier molecular flexibility index (Phi) is 4.56. The van der Waals surface area contributed by atoms with Gasteiger partial charge in [-0.15, -0.1) is 0 Å². The van der Waals surface area contributed by atoms with Crippen LogP contribution in [0.2, 0.25) is 0 Å². The summed E-state index contributed by atoms with van der Waals surface area (Å²) in [6, 6.07) is 10.3. The van der Waals surface area contributed by atoms with Crippen LogP contribution in [0.25, 0.3) is 0 Å². The maximum absolute atomic E-state index is 11.2. The number of methoxy groups -OCH3 is 1. The minimum absolute atomic E-state index is 0.0397. The summed E-state index contributed by atoms with van der Waals surface area (Å²) in [4.78, 5) is 13.5. The topological polar surface area (TPSA) is 49.8 Å². The third kappa shape index (κ3) is 2.96. The van der Waals surface area contributed by atoms with Gasteiger partial charge in [-0.2, -0.15) is 0 Å². The number of carbonyl (C=O) groups is 1. The Labute approximate surface area is 114 Å². The van der Waals surface area contributed by atoms with E-state index in [0.717, 1.165) is 6.54 Å². The number of aliphatic carboxylic acids is 1. The quantitative estimate of drug-likeness (QED) is 0.884. The van der Waals surface area contributed by atoms with Crippen LogP contribution in [0.1, 0.15) is 24.9 Å². The van der Waals surface area contributed by atoms with Crippen molar-refractivity contribution in [3.63, 3.8) is 0 Å². The second kappa shape index (κ2) is 6.17. The molecule has 0 bridgehead atoms. The van der Waals surface area contributed by atoms with E-state index >= 15 is 0 Å². The predicted octanol–water partition coefficient (Wildman–Crippen LogP) is 2.17. The average Bonchev–Trinajstić information content (AvgIpc) is 2.79. The second-order valence-electron chi connectivity index (χ2n) is 5.09. The normalized spacial score (nSPS) is 25.4. The summed E-state index contributed by atoms with van der Waals surface area (Å²) >= 11 is 0. The molecule has 1 fully saturated rings. The molecule has 2 rings (SSSR count). The molecule has 0 aliphatic carbocycles. The van der Waals surface area contributed by atoms with Crippen molar-refractivity contribution >= 4 is 5.97 Å². The van der Waals surface area contributed by atoms with Crippen LogP contribution >= 0.6 is 0 Å². The van der Waals surface area contributed by atoms with Gasteiger partial charge >= 0.3 is 5.97 Å². The van der Waals surface area contributed by atoms with Crippen molar-refractivity contribution in [2.24, 2.45) is 5.92 Å². The van der Waals surface area contributed by atoms with Crippen LogP contribution in [0.3, 0.4) is 0 Å². The van der Waals surface area contributed by atoms with Crippen molar-refractivity contribution in [3.8, 4) is 0 Å². The average molecular weight is 263 g/mol. The molecule has 0 amide bonds. The van der Waals surface area contributed by atoms with Crippen LogP contribution in [0, 0.1) is 5.92 Å². The van der Waals surface area contributed by atoms with Crippen LogP contribution in [-0.2, 0) is 9.53 Å². The molecule has 3 unspecified atom stereocenters. The van der Waals surface area contributed by atoms with Gasteiger partial charge in [0.1, 0.15) is 0 Å². The Morgan fingerprint density at radius 2 is 2.16 bits per heavy atom. The Hall–Kier alpha value is -1.39. The number of hydrogen-bond acceptors (Lipinski definition) is 3. The number of likely N-dealkylation sites (tertiary alicyclic amines) is 1. The van der Waals surface area contributed by atoms with Gasteiger partial charge in [-0.1, -0.05) is 30.3 Å². The van der Waals surface area contributed by atoms with Crippen LogP contribution in [0.4, 0.5) is 0 Å². The zero-order valence-corrected chi connectivity index (χ0v) is 11.5. The molecule has 0 aromatic heterocycles. The van der Waals surface area contributed by atoms with Gasteiger partial charge in [-0.25, -0.2) is 0 Å². The third-order valence-electron chi connectivity index (χ3n) is 4.03. The highest BCUT2D eigenvalue weighted by Crippen LogP contribution is 2.33. The molecule has 1 aromatic rings. The van der Waals surface area contributed by atoms with E-state index in [0.29, 0.717) is 13.0 Å². The summed E-state index contributed by atoms with van der Waals surface area (Å²) in [5.74, 6) is -0.970. The number of benzene rings is 1. The third-order valence-corrected chi connectivity index (χ3v) is 4.03. The second-order valence-corrected chi connectivity index (χ2v) is 5.09. The highest BCUT2D eigenvalue weighted by molar-refractivity contribution is 5.71. The van der Waals surface area contributed by atoms with Gasteiger partial charge in [0.05, 0.1) is 18.6 Å². The molecule has 19 heavy (non-hydrogen) atoms. The summed E-state index contributed by atoms with van der Waals surface area (Å²) in [6.07, 6.45) is 0.712. The lowest BCUT2D eigenvalue weighted by molar-refractivity contribution is -0.142. The van der Waals surface area contributed by atoms with Crippen LogP contribution < -0.4 is 0 Å². The maximum Gasteiger partial charge on any atom is 0.308 e. The Balaban J connectivity index is 2.19. The molecule has 0 radical (unpaired) electrons. The fourth-order valence-corrected chi connectivity index (χ4v) is 2.95. The molecule has 1 aliphatic rings. The summed E-state index contributed by atoms with van der Waals surface area (Å²) in [6.45, 7) is 3.39. The fourth-order valence-electron chi connectivity index (χ4n) is 2.95. The minimum atomic E-state index is -0.695. The zero-order chi connectivity index (χ0) is 13.8. The lowest BCUT2D eigenvalue weighted by Gasteiger charge is -2.32. The molecule has 4 heteroatoms. The molecule has 1 N–H and O–H groups in total. The minimum Gasteiger partial charge on any atom is -0.481 e. The highest BCUT2D eigenvalue weighted by Gasteiger charge is 2.39. The molecule has 4 nitrogen and oxygen atoms in total. The lowest BCUT2D eigenvalue weighted by Crippen LogP contribution is -2.37. The molecule has 1 saturated heterocycles. The van der Waals surface area contributed by atoms with Gasteiger partial charge in [0, 0.05) is 19.7 Å². The van der Waals surface area contributed by atoms with Crippen molar-refractivity contribution in [1.29, 1.82) is 0 Å². The zero-order valence-electron chi connectivity index (χ0n) is 11.5. The molecule has 0 saturated carbocycles. The summed E-state index contributed by atoms with van der Waals surface area (Å²) < 4.78 is 5.33. The number of carboxylic acids is 1. The smallest absolute Gasteiger partial charge is 0.308 e. The van der Waals surface area contributed by atoms with Gasteiger partial charge in [0.25, 0.3) is 0 Å². The Bertz CT molecular complexity index is 421. The molecule has 104 valence electrons. The van der Waals surface area contributed by atoms with Gasteiger partial charge < -0.3 is 9.84 Å². The number of nitrogens with zero attached hydrogens (tertiary/aromatic N) is 1. The first-order valence-electron chi connectivity index (χ1n) is 6.67. The first-order valence-corrected chi connectivity index (χ1v) is 6.67. The number of carboxylic acid groups (broad SMARTS) is 1. The predicted molar refractivity (Wildman–Crippen MR) is 73.0 cm³/mol. The summed E-state index contributed by atoms with van der Waals surface area (Å²) in [5, 5.41) is 9.23. The Morgan fingerprint density at radius 3 is 2.68 bits per heavy atom. The van der Waals surface area contributed by atoms with E-state index in [1.807, 2.05) is 25.1 Å². The first-order chi connectivity index (χ1) is 9.15. The molecule has 0 spiro atoms. The molecule has 1 heterocycles. The van der Waals surface area contributed by atoms with Crippen LogP contribution in [0.5, 0.6) is 0 Å². The van der Waals surface area contributed by atoms with Gasteiger partial charge in [-0.05, 0) is 18.9 Å². The molecular weight excluding hydrogens is 242 g/mol. The van der Waals surface area contributed by atoms with E-state index in [2.05, 4.69) is 17.0 Å². The molecule has 3 atom stereocenters. The van der Waals surface area contributed by atoms with Crippen molar-refractivity contribution in [2.75, 3.05) is 20.3 Å². The molecule has 1 aliphatic heterocycles. The van der Waals surface area contributed by atoms with Crippen molar-refractivity contribution in [2.45, 2.75) is 25.4 Å². The number of ether oxygens (including phenoxy) is 1. The highest BCUT2D eigenvalue weighted by atomic mass is 16.5. The van der Waals surface area contributed by atoms with Gasteiger partial charge in [-0.3, -0.25) is 9.69 Å². The van der Waals surface area contributed by atoms with Crippen molar-refractivity contribution in [3.05, 3.63) is 35.9 Å². The SMILES string of the molecule is COCC(c1ccccc1)N1CCC(C(=O)O)C1C. The lowest BCUT2D eigenvalue weighted by atomic mass is 10.0. The maximum atomic E-state index is 11.2. The summed E-state index contributed by atoms with van der Waals surface area (Å²) in [5.41, 5.74) is 1.18. The van der Waals surface area contributed by atoms with Crippen molar-refractivity contribution in [1.82, 2.24) is 4.90 Å². The fraction of sp³-hybridized carbons (Fsp3) is 0.533. The van der Waals surface area contributed by atoms with E-state index in [4.69, 9.17) is 4.74 Å². The molecular formula is C15H21NO3. The van der Waals surface area contributed by atoms with E-state index in [1.54, 1.807) is 7.11 Å². The van der Waals surface area contributed by atoms with E-state index in [-0.39, 0.29) is 18.0 Å². The largest absolute Gasteiger partial charge is 0.481 e. The van der Waals surface area contributed by atoms with Gasteiger partial charge in [0.15, 0.2) is 0 Å². The van der Waals surface area contributed by atoms with Crippen molar-refractivity contribution < 1.29 is 14.6 Å². The summed E-state index contributed by atoms with van der Waals surface area (Å²) in [7, 11) is 1.69. The molecule has 1 aromatic carbocycles. The first kappa shape index (κ1) is 14.0. The number of rotatable bonds is 5. The van der Waals surface area contributed by atoms with Crippen LogP contribution in [-0.4, -0.2) is 42.3 Å². The van der Waals surface area contributed by atoms with Crippen LogP contribution in [0.15, 0.2) is 30.3 Å². The Morgan fingerprint density at radius 1 is 1.47 bits per heavy atom. The number of hydrogen-bond donors (Lipinski definition) is 1. The standard InChI is InChI=1S/C15H21NO3/c1-11-13(15(17)18)8-9-16(11)14(10-19-2)12-6-4-3-5-7-12/h3-7,11,13-14H,8-10H2,1-2H3,(H,17,18). The van der Waals surface area contributed by atoms with E-state index < -0.39 is 5.97 Å². The van der Waals surface area contributed by atoms with E-state index in [1.165, 1.54) is 5.56 Å². The van der Waals surface area contributed by atoms with E-state index in [9.17, 15) is 9.90 Å². The monoisotopic (exact) mass is 263 g/mol. The van der Waals surface area contributed by atoms with Gasteiger partial charge in [0.2, 0.25) is 0 Å².